The Bertz CT molecular complexity index is 957. The zero-order valence-corrected chi connectivity index (χ0v) is 14.8. The zero-order valence-electron chi connectivity index (χ0n) is 14.8. The van der Waals surface area contributed by atoms with E-state index in [1.54, 1.807) is 0 Å². The first-order valence-electron chi connectivity index (χ1n) is 8.86. The number of nitrogens with zero attached hydrogens (tertiary/aromatic N) is 2. The van der Waals surface area contributed by atoms with Gasteiger partial charge in [0.25, 0.3) is 0 Å². The van der Waals surface area contributed by atoms with Gasteiger partial charge in [-0.15, -0.1) is 13.2 Å². The largest absolute Gasteiger partial charge is 0.573 e. The third-order valence-electron chi connectivity index (χ3n) is 4.54. The summed E-state index contributed by atoms with van der Waals surface area (Å²) in [4.78, 5) is 4.67. The molecule has 0 amide bonds. The maximum atomic E-state index is 13.8. The molecule has 0 saturated heterocycles. The molecular formula is C20H17F4N3O. The number of hydrogen-bond acceptors (Lipinski definition) is 3. The van der Waals surface area contributed by atoms with Gasteiger partial charge in [-0.3, -0.25) is 0 Å². The quantitative estimate of drug-likeness (QED) is 0.583. The summed E-state index contributed by atoms with van der Waals surface area (Å²) in [7, 11) is 0. The van der Waals surface area contributed by atoms with Gasteiger partial charge in [0.2, 0.25) is 0 Å². The lowest BCUT2D eigenvalue weighted by Crippen LogP contribution is -2.17. The van der Waals surface area contributed by atoms with Crippen molar-refractivity contribution in [2.24, 2.45) is 0 Å². The molecule has 1 aromatic heterocycles. The number of fused-ring (bicyclic) bond motifs is 1. The molecule has 8 heteroatoms. The van der Waals surface area contributed by atoms with E-state index in [1.807, 2.05) is 30.5 Å². The Balaban J connectivity index is 1.47. The van der Waals surface area contributed by atoms with Gasteiger partial charge in [0, 0.05) is 42.2 Å². The molecule has 0 bridgehead atoms. The van der Waals surface area contributed by atoms with E-state index in [4.69, 9.17) is 0 Å². The molecule has 0 saturated carbocycles. The summed E-state index contributed by atoms with van der Waals surface area (Å²) >= 11 is 0. The van der Waals surface area contributed by atoms with E-state index >= 15 is 0 Å². The van der Waals surface area contributed by atoms with Gasteiger partial charge >= 0.3 is 6.36 Å². The van der Waals surface area contributed by atoms with Gasteiger partial charge in [-0.05, 0) is 37.1 Å². The maximum absolute atomic E-state index is 13.8. The number of aryl methyl sites for hydroxylation is 2. The van der Waals surface area contributed by atoms with Gasteiger partial charge in [-0.1, -0.05) is 12.1 Å². The molecular weight excluding hydrogens is 374 g/mol. The van der Waals surface area contributed by atoms with Gasteiger partial charge < -0.3 is 14.6 Å². The van der Waals surface area contributed by atoms with Gasteiger partial charge in [0.15, 0.2) is 11.6 Å². The van der Waals surface area contributed by atoms with Crippen LogP contribution in [0.3, 0.4) is 0 Å². The topological polar surface area (TPSA) is 39.1 Å². The van der Waals surface area contributed by atoms with Crippen molar-refractivity contribution in [3.05, 3.63) is 60.3 Å². The minimum Gasteiger partial charge on any atom is -0.403 e. The third kappa shape index (κ3) is 4.11. The number of aromatic nitrogens is 2. The van der Waals surface area contributed by atoms with Gasteiger partial charge in [0.05, 0.1) is 5.69 Å². The summed E-state index contributed by atoms with van der Waals surface area (Å²) in [5, 5.41) is 2.96. The molecule has 0 radical (unpaired) electrons. The Morgan fingerprint density at radius 2 is 1.75 bits per heavy atom. The highest BCUT2D eigenvalue weighted by Crippen LogP contribution is 2.29. The van der Waals surface area contributed by atoms with Crippen LogP contribution in [0, 0.1) is 5.82 Å². The van der Waals surface area contributed by atoms with Crippen molar-refractivity contribution in [2.45, 2.75) is 32.2 Å². The van der Waals surface area contributed by atoms with E-state index in [9.17, 15) is 17.6 Å². The van der Waals surface area contributed by atoms with Crippen LogP contribution in [0.4, 0.5) is 28.9 Å². The zero-order chi connectivity index (χ0) is 19.7. The molecule has 1 N–H and O–H groups in total. The second kappa shape index (κ2) is 7.18. The van der Waals surface area contributed by atoms with Crippen molar-refractivity contribution in [3.63, 3.8) is 0 Å². The summed E-state index contributed by atoms with van der Waals surface area (Å²) in [6.45, 7) is 0.988. The molecule has 0 fully saturated rings. The molecule has 0 atom stereocenters. The van der Waals surface area contributed by atoms with Gasteiger partial charge in [0.1, 0.15) is 5.82 Å². The van der Waals surface area contributed by atoms with Gasteiger partial charge in [-0.25, -0.2) is 9.37 Å². The average molecular weight is 391 g/mol. The van der Waals surface area contributed by atoms with Crippen LogP contribution in [-0.2, 0) is 13.0 Å². The predicted octanol–water partition coefficient (Wildman–Crippen LogP) is 5.67. The molecule has 2 heterocycles. The first-order chi connectivity index (χ1) is 13.4. The first-order valence-corrected chi connectivity index (χ1v) is 8.86. The highest BCUT2D eigenvalue weighted by molar-refractivity contribution is 5.66. The molecule has 28 heavy (non-hydrogen) atoms. The van der Waals surface area contributed by atoms with E-state index in [0.29, 0.717) is 11.4 Å². The molecule has 0 spiro atoms. The Hall–Kier alpha value is -3.03. The lowest BCUT2D eigenvalue weighted by Gasteiger charge is -2.12. The number of halogens is 4. The highest BCUT2D eigenvalue weighted by Gasteiger charge is 2.32. The van der Waals surface area contributed by atoms with E-state index in [2.05, 4.69) is 19.6 Å². The fourth-order valence-electron chi connectivity index (χ4n) is 3.23. The van der Waals surface area contributed by atoms with E-state index in [1.165, 1.54) is 6.07 Å². The minimum atomic E-state index is -4.93. The number of anilines is 2. The minimum absolute atomic E-state index is 0.317. The summed E-state index contributed by atoms with van der Waals surface area (Å²) in [6.07, 6.45) is 0.417. The van der Waals surface area contributed by atoms with Crippen LogP contribution in [0.2, 0.25) is 0 Å². The lowest BCUT2D eigenvalue weighted by atomic mass is 10.1. The normalized spacial score (nSPS) is 13.9. The number of benzene rings is 2. The van der Waals surface area contributed by atoms with E-state index < -0.39 is 17.9 Å². The fourth-order valence-corrected chi connectivity index (χ4v) is 3.23. The van der Waals surface area contributed by atoms with Crippen LogP contribution in [0.1, 0.15) is 18.7 Å². The molecule has 4 rings (SSSR count). The molecule has 4 nitrogen and oxygen atoms in total. The second-order valence-corrected chi connectivity index (χ2v) is 6.59. The summed E-state index contributed by atoms with van der Waals surface area (Å²) < 4.78 is 56.2. The number of imidazole rings is 1. The van der Waals surface area contributed by atoms with Crippen molar-refractivity contribution in [2.75, 3.05) is 5.32 Å². The number of nitrogens with one attached hydrogen (secondary N) is 1. The van der Waals surface area contributed by atoms with Crippen molar-refractivity contribution in [1.29, 1.82) is 0 Å². The van der Waals surface area contributed by atoms with Crippen LogP contribution in [0.25, 0.3) is 11.3 Å². The molecule has 2 aromatic carbocycles. The number of hydrogen-bond donors (Lipinski definition) is 1. The Labute approximate surface area is 158 Å². The summed E-state index contributed by atoms with van der Waals surface area (Å²) in [5.74, 6) is -0.861. The SMILES string of the molecule is Fc1cc(Nc2ccc(-c3cn4c(n3)CCCC4)cc2)ccc1OC(F)(F)F. The van der Waals surface area contributed by atoms with E-state index in [-0.39, 0.29) is 0 Å². The number of rotatable bonds is 4. The smallest absolute Gasteiger partial charge is 0.403 e. The highest BCUT2D eigenvalue weighted by atomic mass is 19.4. The van der Waals surface area contributed by atoms with Crippen molar-refractivity contribution in [3.8, 4) is 17.0 Å². The second-order valence-electron chi connectivity index (χ2n) is 6.59. The van der Waals surface area contributed by atoms with Crippen LogP contribution in [0.5, 0.6) is 5.75 Å². The standard InChI is InChI=1S/C20H17F4N3O/c21-16-11-15(8-9-18(16)28-20(22,23)24)25-14-6-4-13(5-7-14)17-12-27-10-2-1-3-19(27)26-17/h4-9,11-12,25H,1-3,10H2. The molecule has 3 aromatic rings. The van der Waals surface area contributed by atoms with E-state index in [0.717, 1.165) is 55.0 Å². The fraction of sp³-hybridized carbons (Fsp3) is 0.250. The Morgan fingerprint density at radius 1 is 1.00 bits per heavy atom. The van der Waals surface area contributed by atoms with Gasteiger partial charge in [-0.2, -0.15) is 0 Å². The number of alkyl halides is 3. The molecule has 1 aliphatic rings. The average Bonchev–Trinajstić information content (AvgIpc) is 3.08. The Kier molecular flexibility index (Phi) is 4.70. The monoisotopic (exact) mass is 391 g/mol. The predicted molar refractivity (Wildman–Crippen MR) is 97.0 cm³/mol. The first kappa shape index (κ1) is 18.3. The lowest BCUT2D eigenvalue weighted by molar-refractivity contribution is -0.275. The molecule has 146 valence electrons. The Morgan fingerprint density at radius 3 is 2.43 bits per heavy atom. The third-order valence-corrected chi connectivity index (χ3v) is 4.54. The summed E-state index contributed by atoms with van der Waals surface area (Å²) in [5.41, 5.74) is 2.87. The molecule has 0 aliphatic carbocycles. The molecule has 1 aliphatic heterocycles. The summed E-state index contributed by atoms with van der Waals surface area (Å²) in [6, 6.07) is 10.6. The van der Waals surface area contributed by atoms with Crippen molar-refractivity contribution < 1.29 is 22.3 Å². The van der Waals surface area contributed by atoms with Crippen molar-refractivity contribution >= 4 is 11.4 Å². The number of ether oxygens (including phenoxy) is 1. The van der Waals surface area contributed by atoms with Crippen LogP contribution in [0.15, 0.2) is 48.7 Å². The van der Waals surface area contributed by atoms with Crippen molar-refractivity contribution in [1.82, 2.24) is 9.55 Å². The van der Waals surface area contributed by atoms with Crippen LogP contribution in [-0.4, -0.2) is 15.9 Å². The maximum Gasteiger partial charge on any atom is 0.573 e. The van der Waals surface area contributed by atoms with Crippen LogP contribution < -0.4 is 10.1 Å². The molecule has 0 unspecified atom stereocenters. The van der Waals surface area contributed by atoms with Crippen LogP contribution >= 0.6 is 0 Å².